The van der Waals surface area contributed by atoms with Gasteiger partial charge in [0, 0.05) is 23.7 Å². The lowest BCUT2D eigenvalue weighted by molar-refractivity contribution is 0.139. The first kappa shape index (κ1) is 15.5. The number of aliphatic hydroxyl groups excluding tert-OH is 1. The van der Waals surface area contributed by atoms with Crippen molar-refractivity contribution >= 4 is 11.6 Å². The van der Waals surface area contributed by atoms with Gasteiger partial charge >= 0.3 is 0 Å². The van der Waals surface area contributed by atoms with E-state index in [4.69, 9.17) is 16.0 Å². The van der Waals surface area contributed by atoms with Gasteiger partial charge in [0.1, 0.15) is 0 Å². The van der Waals surface area contributed by atoms with Gasteiger partial charge in [-0.15, -0.1) is 0 Å². The van der Waals surface area contributed by atoms with Crippen molar-refractivity contribution in [3.05, 3.63) is 40.9 Å². The van der Waals surface area contributed by atoms with Crippen molar-refractivity contribution in [1.82, 2.24) is 9.88 Å². The molecule has 3 unspecified atom stereocenters. The summed E-state index contributed by atoms with van der Waals surface area (Å²) in [5.41, 5.74) is 1.85. The first-order valence-electron chi connectivity index (χ1n) is 7.61. The van der Waals surface area contributed by atoms with Crippen LogP contribution in [0.25, 0.3) is 11.3 Å². The summed E-state index contributed by atoms with van der Waals surface area (Å²) in [5.74, 6) is 1.77. The molecule has 4 nitrogen and oxygen atoms in total. The number of β-amino-alcohol motifs (C(OH)–C–C–N with tert-alkyl or cyclic N) is 1. The van der Waals surface area contributed by atoms with E-state index < -0.39 is 0 Å². The van der Waals surface area contributed by atoms with Gasteiger partial charge in [-0.05, 0) is 44.0 Å². The van der Waals surface area contributed by atoms with Crippen LogP contribution >= 0.6 is 11.6 Å². The number of benzene rings is 1. The zero-order valence-electron chi connectivity index (χ0n) is 13.1. The van der Waals surface area contributed by atoms with E-state index in [1.165, 1.54) is 0 Å². The molecule has 1 aliphatic rings. The van der Waals surface area contributed by atoms with Crippen molar-refractivity contribution in [2.75, 3.05) is 13.1 Å². The van der Waals surface area contributed by atoms with Crippen LogP contribution in [0.1, 0.15) is 31.5 Å². The second-order valence-corrected chi connectivity index (χ2v) is 6.58. The maximum Gasteiger partial charge on any atom is 0.212 e. The first-order chi connectivity index (χ1) is 10.5. The fourth-order valence-corrected chi connectivity index (χ4v) is 3.05. The smallest absolute Gasteiger partial charge is 0.212 e. The molecule has 5 heteroatoms. The SMILES string of the molecule is Cc1nc(C(C)N2CC(C)C(O)C2)oc1-c1ccc(Cl)cc1. The lowest BCUT2D eigenvalue weighted by atomic mass is 10.1. The highest BCUT2D eigenvalue weighted by Crippen LogP contribution is 2.32. The average molecular weight is 321 g/mol. The fourth-order valence-electron chi connectivity index (χ4n) is 2.92. The van der Waals surface area contributed by atoms with E-state index in [1.807, 2.05) is 31.2 Å². The van der Waals surface area contributed by atoms with Gasteiger partial charge in [0.2, 0.25) is 5.89 Å². The number of rotatable bonds is 3. The van der Waals surface area contributed by atoms with Crippen molar-refractivity contribution in [2.24, 2.45) is 5.92 Å². The lowest BCUT2D eigenvalue weighted by Crippen LogP contribution is -2.25. The maximum absolute atomic E-state index is 9.92. The lowest BCUT2D eigenvalue weighted by Gasteiger charge is -2.20. The summed E-state index contributed by atoms with van der Waals surface area (Å²) in [4.78, 5) is 6.80. The molecule has 0 spiro atoms. The second kappa shape index (κ2) is 6.03. The molecule has 3 rings (SSSR count). The highest BCUT2D eigenvalue weighted by Gasteiger charge is 2.33. The standard InChI is InChI=1S/C17H21ClN2O2/c1-10-8-20(9-15(10)21)12(3)17-19-11(2)16(22-17)13-4-6-14(18)7-5-13/h4-7,10,12,15,21H,8-9H2,1-3H3. The van der Waals surface area contributed by atoms with E-state index in [-0.39, 0.29) is 18.1 Å². The van der Waals surface area contributed by atoms with Crippen molar-refractivity contribution in [3.8, 4) is 11.3 Å². The minimum absolute atomic E-state index is 0.0550. The van der Waals surface area contributed by atoms with Crippen LogP contribution in [0.5, 0.6) is 0 Å². The Morgan fingerprint density at radius 3 is 2.59 bits per heavy atom. The zero-order chi connectivity index (χ0) is 15.9. The number of aromatic nitrogens is 1. The highest BCUT2D eigenvalue weighted by atomic mass is 35.5. The number of aryl methyl sites for hydroxylation is 1. The molecular weight excluding hydrogens is 300 g/mol. The summed E-state index contributed by atoms with van der Waals surface area (Å²) in [7, 11) is 0. The Labute approximate surface area is 135 Å². The highest BCUT2D eigenvalue weighted by molar-refractivity contribution is 6.30. The molecule has 3 atom stereocenters. The van der Waals surface area contributed by atoms with E-state index in [9.17, 15) is 5.11 Å². The molecule has 1 aliphatic heterocycles. The van der Waals surface area contributed by atoms with Gasteiger partial charge in [0.25, 0.3) is 0 Å². The van der Waals surface area contributed by atoms with Gasteiger partial charge in [-0.25, -0.2) is 4.98 Å². The molecule has 1 aromatic heterocycles. The van der Waals surface area contributed by atoms with Crippen LogP contribution in [0, 0.1) is 12.8 Å². The normalized spacial score (nSPS) is 23.9. The van der Waals surface area contributed by atoms with Crippen LogP contribution in [0.2, 0.25) is 5.02 Å². The minimum atomic E-state index is -0.269. The van der Waals surface area contributed by atoms with Gasteiger partial charge in [0.05, 0.1) is 17.8 Å². The number of hydrogen-bond donors (Lipinski definition) is 1. The summed E-state index contributed by atoms with van der Waals surface area (Å²) in [6.07, 6.45) is -0.269. The summed E-state index contributed by atoms with van der Waals surface area (Å²) >= 11 is 5.93. The molecular formula is C17H21ClN2O2. The van der Waals surface area contributed by atoms with Crippen molar-refractivity contribution in [3.63, 3.8) is 0 Å². The molecule has 2 aromatic rings. The molecule has 1 saturated heterocycles. The Bertz CT molecular complexity index is 643. The van der Waals surface area contributed by atoms with Crippen molar-refractivity contribution in [1.29, 1.82) is 0 Å². The van der Waals surface area contributed by atoms with Gasteiger partial charge in [-0.2, -0.15) is 0 Å². The molecule has 0 bridgehead atoms. The molecule has 1 fully saturated rings. The molecule has 2 heterocycles. The van der Waals surface area contributed by atoms with Crippen LogP contribution < -0.4 is 0 Å². The van der Waals surface area contributed by atoms with Gasteiger partial charge < -0.3 is 9.52 Å². The Balaban J connectivity index is 1.84. The summed E-state index contributed by atoms with van der Waals surface area (Å²) < 4.78 is 6.01. The second-order valence-electron chi connectivity index (χ2n) is 6.15. The Kier molecular flexibility index (Phi) is 4.26. The van der Waals surface area contributed by atoms with E-state index in [0.717, 1.165) is 23.6 Å². The van der Waals surface area contributed by atoms with Crippen LogP contribution in [0.15, 0.2) is 28.7 Å². The molecule has 0 radical (unpaired) electrons. The molecule has 0 amide bonds. The minimum Gasteiger partial charge on any atom is -0.439 e. The monoisotopic (exact) mass is 320 g/mol. The Morgan fingerprint density at radius 2 is 2.00 bits per heavy atom. The predicted molar refractivity (Wildman–Crippen MR) is 86.8 cm³/mol. The largest absolute Gasteiger partial charge is 0.439 e. The fraction of sp³-hybridized carbons (Fsp3) is 0.471. The number of nitrogens with zero attached hydrogens (tertiary/aromatic N) is 2. The topological polar surface area (TPSA) is 49.5 Å². The summed E-state index contributed by atoms with van der Waals surface area (Å²) in [6, 6.07) is 7.62. The van der Waals surface area contributed by atoms with E-state index in [0.29, 0.717) is 17.5 Å². The molecule has 1 N–H and O–H groups in total. The quantitative estimate of drug-likeness (QED) is 0.937. The third kappa shape index (κ3) is 2.91. The third-order valence-corrected chi connectivity index (χ3v) is 4.68. The molecule has 118 valence electrons. The number of halogens is 1. The maximum atomic E-state index is 9.92. The van der Waals surface area contributed by atoms with E-state index in [2.05, 4.69) is 23.7 Å². The van der Waals surface area contributed by atoms with Crippen LogP contribution in [-0.2, 0) is 0 Å². The molecule has 1 aromatic carbocycles. The Morgan fingerprint density at radius 1 is 1.32 bits per heavy atom. The van der Waals surface area contributed by atoms with E-state index >= 15 is 0 Å². The number of aliphatic hydroxyl groups is 1. The number of hydrogen-bond acceptors (Lipinski definition) is 4. The van der Waals surface area contributed by atoms with Gasteiger partial charge in [0.15, 0.2) is 5.76 Å². The van der Waals surface area contributed by atoms with Gasteiger partial charge in [-0.3, -0.25) is 4.90 Å². The van der Waals surface area contributed by atoms with Crippen molar-refractivity contribution < 1.29 is 9.52 Å². The van der Waals surface area contributed by atoms with Crippen LogP contribution in [-0.4, -0.2) is 34.2 Å². The molecule has 22 heavy (non-hydrogen) atoms. The number of likely N-dealkylation sites (tertiary alicyclic amines) is 1. The van der Waals surface area contributed by atoms with Crippen LogP contribution in [0.4, 0.5) is 0 Å². The molecule has 0 aliphatic carbocycles. The molecule has 0 saturated carbocycles. The predicted octanol–water partition coefficient (Wildman–Crippen LogP) is 3.68. The van der Waals surface area contributed by atoms with Gasteiger partial charge in [-0.1, -0.05) is 18.5 Å². The van der Waals surface area contributed by atoms with Crippen molar-refractivity contribution in [2.45, 2.75) is 32.9 Å². The first-order valence-corrected chi connectivity index (χ1v) is 7.99. The average Bonchev–Trinajstić information content (AvgIpc) is 3.03. The summed E-state index contributed by atoms with van der Waals surface area (Å²) in [5, 5.41) is 10.6. The number of oxazole rings is 1. The summed E-state index contributed by atoms with van der Waals surface area (Å²) in [6.45, 7) is 7.62. The van der Waals surface area contributed by atoms with Crippen LogP contribution in [0.3, 0.4) is 0 Å². The zero-order valence-corrected chi connectivity index (χ0v) is 13.8. The Hall–Kier alpha value is -1.36. The van der Waals surface area contributed by atoms with E-state index in [1.54, 1.807) is 0 Å². The third-order valence-electron chi connectivity index (χ3n) is 4.43.